The average Bonchev–Trinajstić information content (AvgIpc) is 2.95. The zero-order valence-electron chi connectivity index (χ0n) is 14.0. The molecular formula is C19H25FN2O. The molecule has 0 spiro atoms. The Labute approximate surface area is 137 Å². The summed E-state index contributed by atoms with van der Waals surface area (Å²) in [6, 6.07) is 10.6. The van der Waals surface area contributed by atoms with E-state index in [0.29, 0.717) is 13.1 Å². The van der Waals surface area contributed by atoms with Crippen LogP contribution in [-0.4, -0.2) is 21.9 Å². The molecule has 0 aliphatic rings. The van der Waals surface area contributed by atoms with E-state index in [4.69, 9.17) is 0 Å². The number of benzene rings is 1. The Bertz CT molecular complexity index is 619. The number of carbonyl (C=O) groups excluding carboxylic acids is 1. The molecule has 1 amide bonds. The highest BCUT2D eigenvalue weighted by atomic mass is 19.1. The van der Waals surface area contributed by atoms with Crippen molar-refractivity contribution in [2.45, 2.75) is 46.2 Å². The summed E-state index contributed by atoms with van der Waals surface area (Å²) in [5.41, 5.74) is 2.14. The molecule has 1 aromatic carbocycles. The van der Waals surface area contributed by atoms with Gasteiger partial charge in [0.05, 0.1) is 6.54 Å². The SMILES string of the molecule is CCCCCN(Cc1cccn1Cc1ccc(F)cc1)C(C)=O. The van der Waals surface area contributed by atoms with Crippen LogP contribution in [0.25, 0.3) is 0 Å². The molecule has 0 saturated carbocycles. The molecule has 2 aromatic rings. The van der Waals surface area contributed by atoms with Gasteiger partial charge >= 0.3 is 0 Å². The first-order valence-electron chi connectivity index (χ1n) is 8.24. The van der Waals surface area contributed by atoms with Gasteiger partial charge in [0, 0.05) is 31.9 Å². The Morgan fingerprint density at radius 1 is 1.17 bits per heavy atom. The van der Waals surface area contributed by atoms with Crippen molar-refractivity contribution in [2.75, 3.05) is 6.54 Å². The molecule has 1 aromatic heterocycles. The largest absolute Gasteiger partial charge is 0.345 e. The van der Waals surface area contributed by atoms with Gasteiger partial charge in [0.15, 0.2) is 0 Å². The van der Waals surface area contributed by atoms with Gasteiger partial charge in [-0.2, -0.15) is 0 Å². The van der Waals surface area contributed by atoms with Crippen molar-refractivity contribution in [3.8, 4) is 0 Å². The van der Waals surface area contributed by atoms with Crippen LogP contribution in [0.15, 0.2) is 42.6 Å². The summed E-state index contributed by atoms with van der Waals surface area (Å²) in [4.78, 5) is 13.7. The van der Waals surface area contributed by atoms with Gasteiger partial charge in [-0.3, -0.25) is 4.79 Å². The van der Waals surface area contributed by atoms with E-state index >= 15 is 0 Å². The van der Waals surface area contributed by atoms with Crippen LogP contribution in [0.2, 0.25) is 0 Å². The normalized spacial score (nSPS) is 10.7. The quantitative estimate of drug-likeness (QED) is 0.670. The highest BCUT2D eigenvalue weighted by Crippen LogP contribution is 2.12. The molecule has 0 bridgehead atoms. The fourth-order valence-electron chi connectivity index (χ4n) is 2.63. The van der Waals surface area contributed by atoms with E-state index in [1.807, 2.05) is 23.2 Å². The van der Waals surface area contributed by atoms with Crippen LogP contribution in [0.4, 0.5) is 4.39 Å². The van der Waals surface area contributed by atoms with Crippen molar-refractivity contribution < 1.29 is 9.18 Å². The summed E-state index contributed by atoms with van der Waals surface area (Å²) in [6.45, 7) is 5.88. The van der Waals surface area contributed by atoms with Crippen molar-refractivity contribution in [3.63, 3.8) is 0 Å². The van der Waals surface area contributed by atoms with Crippen LogP contribution in [0, 0.1) is 5.82 Å². The van der Waals surface area contributed by atoms with E-state index in [1.165, 1.54) is 12.1 Å². The summed E-state index contributed by atoms with van der Waals surface area (Å²) in [5, 5.41) is 0. The maximum atomic E-state index is 13.0. The van der Waals surface area contributed by atoms with Crippen LogP contribution in [0.3, 0.4) is 0 Å². The third-order valence-corrected chi connectivity index (χ3v) is 4.02. The molecule has 3 nitrogen and oxygen atoms in total. The topological polar surface area (TPSA) is 25.2 Å². The van der Waals surface area contributed by atoms with Crippen LogP contribution in [-0.2, 0) is 17.9 Å². The molecule has 23 heavy (non-hydrogen) atoms. The second kappa shape index (κ2) is 8.51. The lowest BCUT2D eigenvalue weighted by Gasteiger charge is -2.22. The van der Waals surface area contributed by atoms with Gasteiger partial charge in [-0.15, -0.1) is 0 Å². The molecule has 2 rings (SSSR count). The van der Waals surface area contributed by atoms with E-state index < -0.39 is 0 Å². The second-order valence-electron chi connectivity index (χ2n) is 5.90. The molecule has 0 N–H and O–H groups in total. The number of unbranched alkanes of at least 4 members (excludes halogenated alkanes) is 2. The standard InChI is InChI=1S/C19H25FN2O/c1-3-4-5-12-21(16(2)23)15-19-7-6-13-22(19)14-17-8-10-18(20)11-9-17/h6-11,13H,3-5,12,14-15H2,1-2H3. The van der Waals surface area contributed by atoms with Crippen molar-refractivity contribution in [1.82, 2.24) is 9.47 Å². The first kappa shape index (κ1) is 17.3. The number of halogens is 1. The second-order valence-corrected chi connectivity index (χ2v) is 5.90. The van der Waals surface area contributed by atoms with E-state index in [9.17, 15) is 9.18 Å². The number of nitrogens with zero attached hydrogens (tertiary/aromatic N) is 2. The number of aromatic nitrogens is 1. The minimum absolute atomic E-state index is 0.107. The Morgan fingerprint density at radius 3 is 2.57 bits per heavy atom. The molecule has 0 radical (unpaired) electrons. The van der Waals surface area contributed by atoms with E-state index in [-0.39, 0.29) is 11.7 Å². The van der Waals surface area contributed by atoms with Gasteiger partial charge in [-0.1, -0.05) is 31.9 Å². The monoisotopic (exact) mass is 316 g/mol. The summed E-state index contributed by atoms with van der Waals surface area (Å²) in [5.74, 6) is -0.115. The summed E-state index contributed by atoms with van der Waals surface area (Å²) in [7, 11) is 0. The van der Waals surface area contributed by atoms with Crippen LogP contribution in [0.1, 0.15) is 44.4 Å². The Morgan fingerprint density at radius 2 is 1.91 bits per heavy atom. The Kier molecular flexibility index (Phi) is 6.39. The molecular weight excluding hydrogens is 291 g/mol. The number of amides is 1. The predicted octanol–water partition coefficient (Wildman–Crippen LogP) is 4.21. The highest BCUT2D eigenvalue weighted by Gasteiger charge is 2.11. The fraction of sp³-hybridized carbons (Fsp3) is 0.421. The van der Waals surface area contributed by atoms with Gasteiger partial charge < -0.3 is 9.47 Å². The zero-order chi connectivity index (χ0) is 16.7. The molecule has 0 unspecified atom stereocenters. The number of hydrogen-bond acceptors (Lipinski definition) is 1. The number of carbonyl (C=O) groups is 1. The first-order valence-corrected chi connectivity index (χ1v) is 8.24. The number of rotatable bonds is 8. The lowest BCUT2D eigenvalue weighted by atomic mass is 10.2. The van der Waals surface area contributed by atoms with Gasteiger partial charge in [0.25, 0.3) is 0 Å². The van der Waals surface area contributed by atoms with Crippen molar-refractivity contribution in [2.24, 2.45) is 0 Å². The minimum atomic E-state index is -0.222. The molecule has 0 atom stereocenters. The predicted molar refractivity (Wildman–Crippen MR) is 90.6 cm³/mol. The molecule has 0 fully saturated rings. The summed E-state index contributed by atoms with van der Waals surface area (Å²) in [6.07, 6.45) is 5.32. The van der Waals surface area contributed by atoms with Gasteiger partial charge in [-0.05, 0) is 36.2 Å². The fourth-order valence-corrected chi connectivity index (χ4v) is 2.63. The smallest absolute Gasteiger partial charge is 0.219 e. The third-order valence-electron chi connectivity index (χ3n) is 4.02. The Balaban J connectivity index is 2.03. The molecule has 124 valence electrons. The first-order chi connectivity index (χ1) is 11.1. The zero-order valence-corrected chi connectivity index (χ0v) is 14.0. The van der Waals surface area contributed by atoms with Gasteiger partial charge in [0.1, 0.15) is 5.82 Å². The molecule has 1 heterocycles. The minimum Gasteiger partial charge on any atom is -0.345 e. The van der Waals surface area contributed by atoms with E-state index in [1.54, 1.807) is 19.1 Å². The lowest BCUT2D eigenvalue weighted by Crippen LogP contribution is -2.30. The molecule has 0 aliphatic heterocycles. The summed E-state index contributed by atoms with van der Waals surface area (Å²) >= 11 is 0. The molecule has 0 aliphatic carbocycles. The third kappa shape index (κ3) is 5.23. The highest BCUT2D eigenvalue weighted by molar-refractivity contribution is 5.73. The van der Waals surface area contributed by atoms with E-state index in [0.717, 1.165) is 37.1 Å². The molecule has 4 heteroatoms. The average molecular weight is 316 g/mol. The van der Waals surface area contributed by atoms with Crippen molar-refractivity contribution >= 4 is 5.91 Å². The van der Waals surface area contributed by atoms with Gasteiger partial charge in [-0.25, -0.2) is 4.39 Å². The lowest BCUT2D eigenvalue weighted by molar-refractivity contribution is -0.129. The maximum Gasteiger partial charge on any atom is 0.219 e. The molecule has 0 saturated heterocycles. The van der Waals surface area contributed by atoms with Crippen LogP contribution in [0.5, 0.6) is 0 Å². The van der Waals surface area contributed by atoms with Crippen molar-refractivity contribution in [3.05, 3.63) is 59.7 Å². The van der Waals surface area contributed by atoms with Gasteiger partial charge in [0.2, 0.25) is 5.91 Å². The Hall–Kier alpha value is -2.10. The van der Waals surface area contributed by atoms with E-state index in [2.05, 4.69) is 11.5 Å². The summed E-state index contributed by atoms with van der Waals surface area (Å²) < 4.78 is 15.1. The van der Waals surface area contributed by atoms with Crippen molar-refractivity contribution in [1.29, 1.82) is 0 Å². The van der Waals surface area contributed by atoms with Crippen LogP contribution < -0.4 is 0 Å². The van der Waals surface area contributed by atoms with Crippen LogP contribution >= 0.6 is 0 Å². The maximum absolute atomic E-state index is 13.0. The number of hydrogen-bond donors (Lipinski definition) is 0.